The molecule has 0 aliphatic heterocycles. The van der Waals surface area contributed by atoms with Crippen molar-refractivity contribution in [1.82, 2.24) is 4.98 Å². The predicted octanol–water partition coefficient (Wildman–Crippen LogP) is 13.1. The third-order valence-electron chi connectivity index (χ3n) is 10.7. The summed E-state index contributed by atoms with van der Waals surface area (Å²) in [7, 11) is 0. The van der Waals surface area contributed by atoms with Crippen LogP contribution in [0.1, 0.15) is 83.3 Å². The number of thiophene rings is 1. The first kappa shape index (κ1) is 30.0. The second kappa shape index (κ2) is 12.4. The third kappa shape index (κ3) is 5.36. The molecule has 2 aromatic heterocycles. The number of nitrogens with zero attached hydrogens (tertiary/aromatic N) is 1. The average Bonchev–Trinajstić information content (AvgIpc) is 3.54. The Morgan fingerprint density at radius 1 is 0.796 bits per heavy atom. The number of hydrogen-bond acceptors (Lipinski definition) is 2. The van der Waals surface area contributed by atoms with Crippen molar-refractivity contribution in [2.45, 2.75) is 51.4 Å². The summed E-state index contributed by atoms with van der Waals surface area (Å²) in [4.78, 5) is 6.34. The van der Waals surface area contributed by atoms with Crippen LogP contribution >= 0.6 is 11.3 Å². The second-order valence-corrected chi connectivity index (χ2v) is 14.8. The molecule has 1 nitrogen and oxygen atoms in total. The Kier molecular flexibility index (Phi) is 7.63. The van der Waals surface area contributed by atoms with Crippen LogP contribution in [0.25, 0.3) is 49.7 Å². The fraction of sp³-hybridized carbons (Fsp3) is 0.170. The standard InChI is InChI=1S/C47H39NS/c1-30-10-9-13-37-28-35(24-25-39(30)37)31(2)40-14-5-6-16-42(40)45(38-23-18-32-11-3-4-12-36(32)29-38)33-19-21-34(22-20-33)46-47-43(26-27-48-46)41-15-7-8-17-44(41)49-47/h3-4,8-9,11-14,16-19,21-30H,2,5-7,10,15,20H2,1H3/b45-33-. The van der Waals surface area contributed by atoms with Gasteiger partial charge < -0.3 is 0 Å². The lowest BCUT2D eigenvalue weighted by atomic mass is 9.78. The Hall–Kier alpha value is -5.05. The van der Waals surface area contributed by atoms with Gasteiger partial charge >= 0.3 is 0 Å². The van der Waals surface area contributed by atoms with Gasteiger partial charge in [-0.05, 0) is 141 Å². The molecule has 1 atom stereocenters. The van der Waals surface area contributed by atoms with E-state index >= 15 is 0 Å². The van der Waals surface area contributed by atoms with Crippen LogP contribution in [0.15, 0.2) is 139 Å². The molecule has 2 heteroatoms. The van der Waals surface area contributed by atoms with E-state index in [2.05, 4.69) is 128 Å². The number of pyridine rings is 1. The van der Waals surface area contributed by atoms with Gasteiger partial charge in [0.2, 0.25) is 0 Å². The number of aromatic nitrogens is 1. The van der Waals surface area contributed by atoms with Gasteiger partial charge in [0.1, 0.15) is 0 Å². The van der Waals surface area contributed by atoms with Crippen LogP contribution in [0.5, 0.6) is 0 Å². The number of rotatable bonds is 5. The number of fused-ring (bicyclic) bond motifs is 5. The molecule has 4 aliphatic carbocycles. The summed E-state index contributed by atoms with van der Waals surface area (Å²) < 4.78 is 1.31. The van der Waals surface area contributed by atoms with E-state index in [1.54, 1.807) is 0 Å². The molecule has 5 aromatic rings. The molecule has 0 N–H and O–H groups in total. The highest BCUT2D eigenvalue weighted by Gasteiger charge is 2.24. The Bertz CT molecular complexity index is 2410. The topological polar surface area (TPSA) is 12.9 Å². The van der Waals surface area contributed by atoms with Crippen molar-refractivity contribution < 1.29 is 0 Å². The lowest BCUT2D eigenvalue weighted by Crippen LogP contribution is -2.05. The molecule has 0 amide bonds. The van der Waals surface area contributed by atoms with Gasteiger partial charge in [-0.1, -0.05) is 111 Å². The van der Waals surface area contributed by atoms with Gasteiger partial charge in [0.15, 0.2) is 0 Å². The van der Waals surface area contributed by atoms with Gasteiger partial charge in [-0.3, -0.25) is 4.98 Å². The average molecular weight is 650 g/mol. The van der Waals surface area contributed by atoms with Gasteiger partial charge in [-0.2, -0.15) is 0 Å². The molecule has 49 heavy (non-hydrogen) atoms. The minimum absolute atomic E-state index is 0.552. The molecule has 0 bridgehead atoms. The van der Waals surface area contributed by atoms with Crippen molar-refractivity contribution >= 4 is 61.1 Å². The van der Waals surface area contributed by atoms with Gasteiger partial charge in [0.05, 0.1) is 10.4 Å². The van der Waals surface area contributed by atoms with E-state index < -0.39 is 0 Å². The van der Waals surface area contributed by atoms with E-state index in [1.807, 2.05) is 17.5 Å². The minimum Gasteiger partial charge on any atom is -0.255 e. The molecule has 0 saturated heterocycles. The molecule has 4 aliphatic rings. The van der Waals surface area contributed by atoms with Crippen LogP contribution < -0.4 is 0 Å². The van der Waals surface area contributed by atoms with Crippen LogP contribution in [0, 0.1) is 0 Å². The summed E-state index contributed by atoms with van der Waals surface area (Å²) in [6.07, 6.45) is 29.3. The van der Waals surface area contributed by atoms with Crippen molar-refractivity contribution in [1.29, 1.82) is 0 Å². The zero-order chi connectivity index (χ0) is 32.9. The van der Waals surface area contributed by atoms with E-state index in [-0.39, 0.29) is 0 Å². The van der Waals surface area contributed by atoms with E-state index in [0.29, 0.717) is 5.92 Å². The molecule has 0 saturated carbocycles. The lowest BCUT2D eigenvalue weighted by molar-refractivity contribution is 0.771. The monoisotopic (exact) mass is 649 g/mol. The van der Waals surface area contributed by atoms with Crippen molar-refractivity contribution in [2.24, 2.45) is 0 Å². The number of allylic oxidation sites excluding steroid dienone is 13. The summed E-state index contributed by atoms with van der Waals surface area (Å²) in [6, 6.07) is 24.8. The first-order valence-corrected chi connectivity index (χ1v) is 18.5. The maximum absolute atomic E-state index is 4.94. The van der Waals surface area contributed by atoms with Gasteiger partial charge in [0, 0.05) is 16.5 Å². The quantitative estimate of drug-likeness (QED) is 0.185. The van der Waals surface area contributed by atoms with Crippen molar-refractivity contribution in [3.05, 3.63) is 177 Å². The Morgan fingerprint density at radius 3 is 2.53 bits per heavy atom. The van der Waals surface area contributed by atoms with Crippen molar-refractivity contribution in [2.75, 3.05) is 0 Å². The lowest BCUT2D eigenvalue weighted by Gasteiger charge is -2.26. The molecule has 0 radical (unpaired) electrons. The van der Waals surface area contributed by atoms with Crippen LogP contribution in [-0.4, -0.2) is 4.98 Å². The van der Waals surface area contributed by atoms with Crippen LogP contribution in [0.2, 0.25) is 0 Å². The molecule has 0 fully saturated rings. The highest BCUT2D eigenvalue weighted by atomic mass is 32.1. The zero-order valence-corrected chi connectivity index (χ0v) is 28.8. The largest absolute Gasteiger partial charge is 0.255 e. The van der Waals surface area contributed by atoms with E-state index in [1.165, 1.54) is 81.4 Å². The second-order valence-electron chi connectivity index (χ2n) is 13.8. The molecule has 2 heterocycles. The smallest absolute Gasteiger partial charge is 0.0877 e. The van der Waals surface area contributed by atoms with E-state index in [9.17, 15) is 0 Å². The van der Waals surface area contributed by atoms with E-state index in [0.717, 1.165) is 49.8 Å². The zero-order valence-electron chi connectivity index (χ0n) is 28.0. The highest BCUT2D eigenvalue weighted by molar-refractivity contribution is 7.20. The first-order valence-electron chi connectivity index (χ1n) is 17.7. The maximum Gasteiger partial charge on any atom is 0.0877 e. The Balaban J connectivity index is 1.14. The molecule has 3 aromatic carbocycles. The Labute approximate surface area is 293 Å². The van der Waals surface area contributed by atoms with Crippen LogP contribution in [0.4, 0.5) is 0 Å². The first-order chi connectivity index (χ1) is 24.1. The summed E-state index contributed by atoms with van der Waals surface area (Å²) in [5.74, 6) is 0.552. The van der Waals surface area contributed by atoms with Crippen LogP contribution in [-0.2, 0) is 6.42 Å². The summed E-state index contributed by atoms with van der Waals surface area (Å²) in [5.41, 5.74) is 15.3. The van der Waals surface area contributed by atoms with Crippen LogP contribution in [0.3, 0.4) is 0 Å². The maximum atomic E-state index is 4.94. The normalized spacial score (nSPS) is 19.3. The fourth-order valence-corrected chi connectivity index (χ4v) is 9.40. The SMILES string of the molecule is C=C(C1=CCCC=C1/C(=C1/C=CC(c2nccc3c4c(sc23)C=CCC4)=CC1)c1ccc2ccccc2c1)c1ccc2c(c1)C=CCC2C. The number of aryl methyl sites for hydroxylation is 1. The predicted molar refractivity (Wildman–Crippen MR) is 213 cm³/mol. The Morgan fingerprint density at radius 2 is 1.65 bits per heavy atom. The van der Waals surface area contributed by atoms with Crippen molar-refractivity contribution in [3.63, 3.8) is 0 Å². The van der Waals surface area contributed by atoms with Gasteiger partial charge in [0.25, 0.3) is 0 Å². The fourth-order valence-electron chi connectivity index (χ4n) is 8.11. The van der Waals surface area contributed by atoms with Crippen molar-refractivity contribution in [3.8, 4) is 0 Å². The van der Waals surface area contributed by atoms with Gasteiger partial charge in [-0.25, -0.2) is 0 Å². The molecule has 9 rings (SSSR count). The molecule has 0 spiro atoms. The number of benzene rings is 3. The number of hydrogen-bond donors (Lipinski definition) is 0. The van der Waals surface area contributed by atoms with Gasteiger partial charge in [-0.15, -0.1) is 11.3 Å². The molecular formula is C47H39NS. The summed E-state index contributed by atoms with van der Waals surface area (Å²) in [5, 5.41) is 3.89. The van der Waals surface area contributed by atoms with E-state index in [4.69, 9.17) is 11.6 Å². The summed E-state index contributed by atoms with van der Waals surface area (Å²) >= 11 is 1.89. The third-order valence-corrected chi connectivity index (χ3v) is 11.9. The molecular weight excluding hydrogens is 611 g/mol. The molecule has 1 unspecified atom stereocenters. The minimum atomic E-state index is 0.552. The highest BCUT2D eigenvalue weighted by Crippen LogP contribution is 2.45. The summed E-state index contributed by atoms with van der Waals surface area (Å²) in [6.45, 7) is 7.07. The molecule has 238 valence electrons.